The van der Waals surface area contributed by atoms with Crippen molar-refractivity contribution in [2.75, 3.05) is 0 Å². The fourth-order valence-corrected chi connectivity index (χ4v) is 4.14. The van der Waals surface area contributed by atoms with Gasteiger partial charge >= 0.3 is 0 Å². The molecule has 0 amide bonds. The number of rotatable bonds is 1. The molecule has 0 aliphatic heterocycles. The highest BCUT2D eigenvalue weighted by Crippen LogP contribution is 2.45. The Morgan fingerprint density at radius 2 is 1.67 bits per heavy atom. The molecule has 0 bridgehead atoms. The summed E-state index contributed by atoms with van der Waals surface area (Å²) in [4.78, 5) is 0. The molecular weight excluding hydrogens is 180 g/mol. The zero-order valence-corrected chi connectivity index (χ0v) is 10.8. The second kappa shape index (κ2) is 4.89. The summed E-state index contributed by atoms with van der Waals surface area (Å²) in [6.07, 6.45) is 10.7. The Balaban J connectivity index is 2.01. The van der Waals surface area contributed by atoms with Gasteiger partial charge < -0.3 is 0 Å². The van der Waals surface area contributed by atoms with Crippen LogP contribution in [0.4, 0.5) is 0 Å². The van der Waals surface area contributed by atoms with E-state index in [9.17, 15) is 0 Å². The van der Waals surface area contributed by atoms with Crippen molar-refractivity contribution in [3.8, 4) is 0 Å². The number of hydrogen-bond acceptors (Lipinski definition) is 0. The smallest absolute Gasteiger partial charge is 0.0360 e. The Bertz CT molecular complexity index is 194. The molecule has 0 spiro atoms. The van der Waals surface area contributed by atoms with Crippen LogP contribution >= 0.6 is 0 Å². The van der Waals surface area contributed by atoms with Crippen LogP contribution in [-0.2, 0) is 0 Å². The van der Waals surface area contributed by atoms with Crippen molar-refractivity contribution in [1.82, 2.24) is 0 Å². The van der Waals surface area contributed by atoms with Crippen LogP contribution in [0, 0.1) is 29.6 Å². The van der Waals surface area contributed by atoms with Gasteiger partial charge in [0.15, 0.2) is 0 Å². The van der Waals surface area contributed by atoms with E-state index in [0.29, 0.717) is 0 Å². The highest BCUT2D eigenvalue weighted by molar-refractivity contribution is 4.85. The van der Waals surface area contributed by atoms with Gasteiger partial charge in [-0.25, -0.2) is 0 Å². The molecule has 0 aromatic carbocycles. The monoisotopic (exact) mass is 208 g/mol. The molecule has 0 N–H and O–H groups in total. The van der Waals surface area contributed by atoms with Crippen molar-refractivity contribution in [3.63, 3.8) is 0 Å². The summed E-state index contributed by atoms with van der Waals surface area (Å²) in [7, 11) is 0. The molecule has 0 radical (unpaired) electrons. The maximum atomic E-state index is 2.51. The molecule has 0 heterocycles. The van der Waals surface area contributed by atoms with E-state index in [4.69, 9.17) is 0 Å². The fourth-order valence-electron chi connectivity index (χ4n) is 4.14. The molecular formula is C15H28. The van der Waals surface area contributed by atoms with Gasteiger partial charge in [0, 0.05) is 0 Å². The minimum Gasteiger partial charge on any atom is -0.0625 e. The zero-order valence-electron chi connectivity index (χ0n) is 10.8. The molecule has 0 heteroatoms. The van der Waals surface area contributed by atoms with Crippen LogP contribution in [0.25, 0.3) is 0 Å². The topological polar surface area (TPSA) is 0 Å². The van der Waals surface area contributed by atoms with E-state index in [-0.39, 0.29) is 0 Å². The van der Waals surface area contributed by atoms with Crippen LogP contribution in [0.2, 0.25) is 0 Å². The van der Waals surface area contributed by atoms with E-state index in [1.165, 1.54) is 38.5 Å². The molecule has 2 fully saturated rings. The van der Waals surface area contributed by atoms with Crippen LogP contribution in [-0.4, -0.2) is 0 Å². The summed E-state index contributed by atoms with van der Waals surface area (Å²) < 4.78 is 0. The fraction of sp³-hybridized carbons (Fsp3) is 1.00. The predicted molar refractivity (Wildman–Crippen MR) is 66.8 cm³/mol. The van der Waals surface area contributed by atoms with Gasteiger partial charge in [-0.2, -0.15) is 0 Å². The quantitative estimate of drug-likeness (QED) is 0.576. The largest absolute Gasteiger partial charge is 0.0625 e. The molecule has 2 rings (SSSR count). The lowest BCUT2D eigenvalue weighted by Crippen LogP contribution is -2.27. The van der Waals surface area contributed by atoms with Crippen molar-refractivity contribution in [3.05, 3.63) is 0 Å². The average Bonchev–Trinajstić information content (AvgIpc) is 2.40. The van der Waals surface area contributed by atoms with Gasteiger partial charge in [0.1, 0.15) is 0 Å². The SMILES string of the molecule is CC(C)C1CCCC2C(C)CCCC2C1. The first-order valence-corrected chi connectivity index (χ1v) is 7.18. The highest BCUT2D eigenvalue weighted by atomic mass is 14.4. The minimum atomic E-state index is 0.918. The van der Waals surface area contributed by atoms with Crippen molar-refractivity contribution in [2.45, 2.75) is 65.7 Å². The summed E-state index contributed by atoms with van der Waals surface area (Å²) in [6, 6.07) is 0. The van der Waals surface area contributed by atoms with E-state index in [0.717, 1.165) is 29.6 Å². The Labute approximate surface area is 95.8 Å². The first-order chi connectivity index (χ1) is 7.18. The van der Waals surface area contributed by atoms with E-state index < -0.39 is 0 Å². The van der Waals surface area contributed by atoms with E-state index in [2.05, 4.69) is 20.8 Å². The van der Waals surface area contributed by atoms with Gasteiger partial charge in [-0.1, -0.05) is 52.9 Å². The molecule has 2 saturated carbocycles. The van der Waals surface area contributed by atoms with Gasteiger partial charge in [-0.15, -0.1) is 0 Å². The Hall–Kier alpha value is 0. The lowest BCUT2D eigenvalue weighted by Gasteiger charge is -2.36. The third kappa shape index (κ3) is 2.57. The Morgan fingerprint density at radius 3 is 2.40 bits per heavy atom. The zero-order chi connectivity index (χ0) is 10.8. The minimum absolute atomic E-state index is 0.918. The first kappa shape index (κ1) is 11.5. The number of hydrogen-bond donors (Lipinski definition) is 0. The van der Waals surface area contributed by atoms with E-state index in [1.807, 2.05) is 0 Å². The molecule has 4 atom stereocenters. The van der Waals surface area contributed by atoms with Crippen molar-refractivity contribution >= 4 is 0 Å². The maximum absolute atomic E-state index is 2.51. The Kier molecular flexibility index (Phi) is 3.74. The first-order valence-electron chi connectivity index (χ1n) is 7.18. The molecule has 0 aromatic heterocycles. The molecule has 0 saturated heterocycles. The summed E-state index contributed by atoms with van der Waals surface area (Å²) in [6.45, 7) is 7.36. The number of fused-ring (bicyclic) bond motifs is 1. The standard InChI is InChI=1S/C15H28/c1-11(2)13-7-5-9-15-12(3)6-4-8-14(15)10-13/h11-15H,4-10H2,1-3H3. The molecule has 0 aromatic rings. The summed E-state index contributed by atoms with van der Waals surface area (Å²) in [5, 5.41) is 0. The highest BCUT2D eigenvalue weighted by Gasteiger charge is 2.34. The van der Waals surface area contributed by atoms with Crippen LogP contribution < -0.4 is 0 Å². The predicted octanol–water partition coefficient (Wildman–Crippen LogP) is 4.89. The van der Waals surface area contributed by atoms with Crippen LogP contribution in [0.15, 0.2) is 0 Å². The molecule has 88 valence electrons. The maximum Gasteiger partial charge on any atom is -0.0360 e. The van der Waals surface area contributed by atoms with Gasteiger partial charge in [-0.05, 0) is 42.4 Å². The Morgan fingerprint density at radius 1 is 0.933 bits per heavy atom. The van der Waals surface area contributed by atoms with Crippen LogP contribution in [0.1, 0.15) is 65.7 Å². The summed E-state index contributed by atoms with van der Waals surface area (Å²) in [5.74, 6) is 5.15. The third-order valence-electron chi connectivity index (χ3n) is 5.23. The summed E-state index contributed by atoms with van der Waals surface area (Å²) in [5.41, 5.74) is 0. The van der Waals surface area contributed by atoms with Crippen LogP contribution in [0.5, 0.6) is 0 Å². The normalized spacial score (nSPS) is 42.4. The molecule has 2 aliphatic rings. The second-order valence-corrected chi connectivity index (χ2v) is 6.50. The molecule has 15 heavy (non-hydrogen) atoms. The summed E-state index contributed by atoms with van der Waals surface area (Å²) >= 11 is 0. The van der Waals surface area contributed by atoms with Gasteiger partial charge in [0.05, 0.1) is 0 Å². The van der Waals surface area contributed by atoms with Gasteiger partial charge in [0.2, 0.25) is 0 Å². The lowest BCUT2D eigenvalue weighted by atomic mass is 9.69. The van der Waals surface area contributed by atoms with Gasteiger partial charge in [0.25, 0.3) is 0 Å². The second-order valence-electron chi connectivity index (χ2n) is 6.50. The van der Waals surface area contributed by atoms with Crippen LogP contribution in [0.3, 0.4) is 0 Å². The molecule has 4 unspecified atom stereocenters. The van der Waals surface area contributed by atoms with Crippen molar-refractivity contribution in [2.24, 2.45) is 29.6 Å². The molecule has 2 aliphatic carbocycles. The lowest BCUT2D eigenvalue weighted by molar-refractivity contribution is 0.140. The molecule has 0 nitrogen and oxygen atoms in total. The van der Waals surface area contributed by atoms with Gasteiger partial charge in [-0.3, -0.25) is 0 Å². The van der Waals surface area contributed by atoms with Crippen molar-refractivity contribution in [1.29, 1.82) is 0 Å². The van der Waals surface area contributed by atoms with E-state index in [1.54, 1.807) is 6.42 Å². The third-order valence-corrected chi connectivity index (χ3v) is 5.23. The van der Waals surface area contributed by atoms with Crippen molar-refractivity contribution < 1.29 is 0 Å². The van der Waals surface area contributed by atoms with E-state index >= 15 is 0 Å². The average molecular weight is 208 g/mol.